The highest BCUT2D eigenvalue weighted by atomic mass is 31.1. The summed E-state index contributed by atoms with van der Waals surface area (Å²) in [7, 11) is 0.00602. The normalized spacial score (nSPS) is 30.1. The lowest BCUT2D eigenvalue weighted by Gasteiger charge is -2.34. The van der Waals surface area contributed by atoms with Crippen LogP contribution in [0.2, 0.25) is 0 Å². The van der Waals surface area contributed by atoms with Crippen molar-refractivity contribution in [1.29, 1.82) is 0 Å². The molecule has 27 heavy (non-hydrogen) atoms. The minimum absolute atomic E-state index is 0.00407. The van der Waals surface area contributed by atoms with E-state index in [0.717, 1.165) is 30.8 Å². The molecule has 3 unspecified atom stereocenters. The Labute approximate surface area is 164 Å². The molecule has 0 fully saturated rings. The zero-order valence-corrected chi connectivity index (χ0v) is 18.2. The Kier molecular flexibility index (Phi) is 3.44. The first-order valence-corrected chi connectivity index (χ1v) is 10.9. The Morgan fingerprint density at radius 2 is 1.41 bits per heavy atom. The monoisotopic (exact) mass is 380 g/mol. The van der Waals surface area contributed by atoms with E-state index in [1.165, 1.54) is 33.4 Å². The van der Waals surface area contributed by atoms with Crippen LogP contribution in [0.3, 0.4) is 0 Å². The molecular formula is C24H29O2P. The first kappa shape index (κ1) is 17.6. The fraction of sp³-hybridized carbons (Fsp3) is 0.500. The van der Waals surface area contributed by atoms with E-state index in [1.54, 1.807) is 0 Å². The first-order chi connectivity index (χ1) is 12.7. The standard InChI is InChI=1S/C24H29O2P/c1-7-23(6)13-24-12-22(4,5)16-8-14(2)10-18(20(16)24)25-27-26-19-11-15(3)9-17(23)21(19)24/h8-11,27H,7,12-13H2,1-6H3. The van der Waals surface area contributed by atoms with Crippen molar-refractivity contribution < 1.29 is 9.05 Å². The van der Waals surface area contributed by atoms with Gasteiger partial charge >= 0.3 is 0 Å². The number of hydrogen-bond acceptors (Lipinski definition) is 2. The molecule has 5 rings (SSSR count). The van der Waals surface area contributed by atoms with Crippen LogP contribution in [0.4, 0.5) is 0 Å². The molecule has 3 atom stereocenters. The molecule has 0 N–H and O–H groups in total. The lowest BCUT2D eigenvalue weighted by atomic mass is 9.71. The maximum Gasteiger partial charge on any atom is 0.275 e. The quantitative estimate of drug-likeness (QED) is 0.518. The molecule has 2 aromatic rings. The van der Waals surface area contributed by atoms with Crippen LogP contribution in [0.25, 0.3) is 0 Å². The summed E-state index contributed by atoms with van der Waals surface area (Å²) in [4.78, 5) is 0. The number of rotatable bonds is 1. The molecule has 2 aliphatic carbocycles. The predicted octanol–water partition coefficient (Wildman–Crippen LogP) is 6.62. The van der Waals surface area contributed by atoms with Gasteiger partial charge in [-0.15, -0.1) is 0 Å². The topological polar surface area (TPSA) is 18.5 Å². The van der Waals surface area contributed by atoms with E-state index in [-0.39, 0.29) is 25.3 Å². The summed E-state index contributed by atoms with van der Waals surface area (Å²) >= 11 is 0. The molecule has 1 heterocycles. The van der Waals surface area contributed by atoms with Gasteiger partial charge in [0.15, 0.2) is 0 Å². The second-order valence-electron chi connectivity index (χ2n) is 9.89. The van der Waals surface area contributed by atoms with E-state index < -0.39 is 0 Å². The van der Waals surface area contributed by atoms with Crippen LogP contribution in [-0.2, 0) is 16.2 Å². The molecule has 0 radical (unpaired) electrons. The second-order valence-corrected chi connectivity index (χ2v) is 10.5. The SMILES string of the molecule is CCC1(C)CC23CC(C)(C)c4cc(C)cc(c42)OPOc2cc(C)cc1c23. The van der Waals surface area contributed by atoms with Crippen LogP contribution in [0, 0.1) is 13.8 Å². The van der Waals surface area contributed by atoms with Gasteiger partial charge in [-0.25, -0.2) is 0 Å². The highest BCUT2D eigenvalue weighted by Gasteiger charge is 2.60. The summed E-state index contributed by atoms with van der Waals surface area (Å²) in [5.74, 6) is 2.10. The maximum absolute atomic E-state index is 6.26. The minimum atomic E-state index is -0.00407. The molecule has 142 valence electrons. The number of benzene rings is 2. The predicted molar refractivity (Wildman–Crippen MR) is 113 cm³/mol. The van der Waals surface area contributed by atoms with Gasteiger partial charge in [0, 0.05) is 16.5 Å². The van der Waals surface area contributed by atoms with Crippen molar-refractivity contribution in [1.82, 2.24) is 0 Å². The van der Waals surface area contributed by atoms with E-state index in [0.29, 0.717) is 0 Å². The van der Waals surface area contributed by atoms with E-state index >= 15 is 0 Å². The number of hydrogen-bond donors (Lipinski definition) is 0. The Morgan fingerprint density at radius 3 is 2.00 bits per heavy atom. The van der Waals surface area contributed by atoms with Gasteiger partial charge in [-0.1, -0.05) is 39.8 Å². The highest BCUT2D eigenvalue weighted by Crippen LogP contribution is 2.68. The number of aryl methyl sites for hydroxylation is 2. The average molecular weight is 380 g/mol. The third kappa shape index (κ3) is 2.17. The van der Waals surface area contributed by atoms with Gasteiger partial charge in [0.25, 0.3) is 9.03 Å². The van der Waals surface area contributed by atoms with E-state index in [9.17, 15) is 0 Å². The Balaban J connectivity index is 1.92. The summed E-state index contributed by atoms with van der Waals surface area (Å²) in [5.41, 5.74) is 8.73. The first-order valence-electron chi connectivity index (χ1n) is 10.1. The molecule has 1 spiro atoms. The lowest BCUT2D eigenvalue weighted by molar-refractivity contribution is 0.322. The zero-order chi connectivity index (χ0) is 19.2. The summed E-state index contributed by atoms with van der Waals surface area (Å²) in [5, 5.41) is 0. The molecule has 0 bridgehead atoms. The fourth-order valence-electron chi connectivity index (χ4n) is 6.24. The van der Waals surface area contributed by atoms with Crippen molar-refractivity contribution in [3.05, 3.63) is 57.6 Å². The summed E-state index contributed by atoms with van der Waals surface area (Å²) in [6.45, 7) is 14.0. The molecular weight excluding hydrogens is 351 g/mol. The van der Waals surface area contributed by atoms with Crippen LogP contribution in [-0.4, -0.2) is 0 Å². The highest BCUT2D eigenvalue weighted by molar-refractivity contribution is 7.27. The molecule has 0 aromatic heterocycles. The third-order valence-corrected chi connectivity index (χ3v) is 7.96. The van der Waals surface area contributed by atoms with Gasteiger partial charge in [0.1, 0.15) is 11.5 Å². The Bertz CT molecular complexity index is 977. The van der Waals surface area contributed by atoms with Crippen molar-refractivity contribution in [3.8, 4) is 11.5 Å². The van der Waals surface area contributed by atoms with Crippen molar-refractivity contribution in [3.63, 3.8) is 0 Å². The average Bonchev–Trinajstić information content (AvgIpc) is 2.94. The zero-order valence-electron chi connectivity index (χ0n) is 17.2. The van der Waals surface area contributed by atoms with Crippen molar-refractivity contribution in [2.24, 2.45) is 0 Å². The third-order valence-electron chi connectivity index (χ3n) is 7.35. The largest absolute Gasteiger partial charge is 0.440 e. The van der Waals surface area contributed by atoms with Crippen LogP contribution in [0.1, 0.15) is 80.3 Å². The molecule has 0 saturated heterocycles. The molecule has 2 nitrogen and oxygen atoms in total. The van der Waals surface area contributed by atoms with Crippen molar-refractivity contribution in [2.75, 3.05) is 0 Å². The van der Waals surface area contributed by atoms with E-state index in [4.69, 9.17) is 9.05 Å². The Hall–Kier alpha value is -1.53. The van der Waals surface area contributed by atoms with Gasteiger partial charge in [-0.05, 0) is 78.3 Å². The minimum Gasteiger partial charge on any atom is -0.440 e. The summed E-state index contributed by atoms with van der Waals surface area (Å²) < 4.78 is 12.5. The maximum atomic E-state index is 6.26. The molecule has 2 aromatic carbocycles. The molecule has 0 amide bonds. The summed E-state index contributed by atoms with van der Waals surface area (Å²) in [6, 6.07) is 9.27. The smallest absolute Gasteiger partial charge is 0.275 e. The van der Waals surface area contributed by atoms with E-state index in [2.05, 4.69) is 65.8 Å². The molecule has 3 heteroatoms. The lowest BCUT2D eigenvalue weighted by Crippen LogP contribution is -2.28. The molecule has 1 aliphatic heterocycles. The van der Waals surface area contributed by atoms with Crippen LogP contribution < -0.4 is 9.05 Å². The van der Waals surface area contributed by atoms with Gasteiger partial charge in [0.2, 0.25) is 0 Å². The molecule has 0 saturated carbocycles. The van der Waals surface area contributed by atoms with Gasteiger partial charge < -0.3 is 9.05 Å². The second kappa shape index (κ2) is 5.29. The van der Waals surface area contributed by atoms with Gasteiger partial charge in [0.05, 0.1) is 0 Å². The van der Waals surface area contributed by atoms with Gasteiger partial charge in [-0.2, -0.15) is 0 Å². The molecule has 3 aliphatic rings. The fourth-order valence-corrected chi connectivity index (χ4v) is 6.79. The van der Waals surface area contributed by atoms with Crippen LogP contribution in [0.15, 0.2) is 24.3 Å². The van der Waals surface area contributed by atoms with Crippen LogP contribution >= 0.6 is 9.03 Å². The van der Waals surface area contributed by atoms with Crippen molar-refractivity contribution in [2.45, 2.75) is 77.0 Å². The summed E-state index contributed by atoms with van der Waals surface area (Å²) in [6.07, 6.45) is 3.41. The van der Waals surface area contributed by atoms with E-state index in [1.807, 2.05) is 0 Å². The van der Waals surface area contributed by atoms with Crippen molar-refractivity contribution >= 4 is 9.03 Å². The van der Waals surface area contributed by atoms with Crippen LogP contribution in [0.5, 0.6) is 11.5 Å². The van der Waals surface area contributed by atoms with Gasteiger partial charge in [-0.3, -0.25) is 0 Å². The Morgan fingerprint density at radius 1 is 0.852 bits per heavy atom.